The van der Waals surface area contributed by atoms with Crippen LogP contribution in [0.3, 0.4) is 0 Å². The van der Waals surface area contributed by atoms with Crippen molar-refractivity contribution in [2.45, 2.75) is 0 Å². The second-order valence-electron chi connectivity index (χ2n) is 5.89. The van der Waals surface area contributed by atoms with E-state index in [0.717, 1.165) is 31.9 Å². The molecule has 0 atom stereocenters. The Hall–Kier alpha value is -1.75. The lowest BCUT2D eigenvalue weighted by Crippen LogP contribution is -2.44. The zero-order valence-corrected chi connectivity index (χ0v) is 14.9. The monoisotopic (exact) mass is 363 g/mol. The van der Waals surface area contributed by atoms with Crippen LogP contribution in [0.15, 0.2) is 42.5 Å². The van der Waals surface area contributed by atoms with E-state index in [9.17, 15) is 4.79 Å². The number of hydrogen-bond donors (Lipinski definition) is 1. The zero-order valence-electron chi connectivity index (χ0n) is 13.4. The smallest absolute Gasteiger partial charge is 0.257 e. The van der Waals surface area contributed by atoms with Gasteiger partial charge in [-0.25, -0.2) is 0 Å². The van der Waals surface area contributed by atoms with Crippen LogP contribution < -0.4 is 10.2 Å². The number of nitrogens with zero attached hydrogens (tertiary/aromatic N) is 2. The molecule has 1 amide bonds. The summed E-state index contributed by atoms with van der Waals surface area (Å²) >= 11 is 12.3. The molecule has 0 radical (unpaired) electrons. The summed E-state index contributed by atoms with van der Waals surface area (Å²) in [6, 6.07) is 12.6. The molecule has 0 unspecified atom stereocenters. The Bertz CT molecular complexity index is 743. The van der Waals surface area contributed by atoms with Gasteiger partial charge in [0.1, 0.15) is 0 Å². The van der Waals surface area contributed by atoms with Crippen LogP contribution in [0.5, 0.6) is 0 Å². The van der Waals surface area contributed by atoms with Gasteiger partial charge in [0.25, 0.3) is 5.91 Å². The Balaban J connectivity index is 1.86. The molecule has 3 rings (SSSR count). The van der Waals surface area contributed by atoms with E-state index in [2.05, 4.69) is 22.2 Å². The number of carbonyl (C=O) groups is 1. The molecular formula is C18H19Cl2N3O. The molecule has 1 N–H and O–H groups in total. The molecule has 0 saturated carbocycles. The number of amides is 1. The van der Waals surface area contributed by atoms with Gasteiger partial charge in [-0.2, -0.15) is 0 Å². The average molecular weight is 364 g/mol. The van der Waals surface area contributed by atoms with Crippen molar-refractivity contribution in [1.82, 2.24) is 4.90 Å². The van der Waals surface area contributed by atoms with E-state index in [-0.39, 0.29) is 5.91 Å². The highest BCUT2D eigenvalue weighted by Gasteiger charge is 2.19. The molecule has 1 aliphatic rings. The lowest BCUT2D eigenvalue weighted by molar-refractivity contribution is 0.102. The molecule has 6 heteroatoms. The summed E-state index contributed by atoms with van der Waals surface area (Å²) in [5.74, 6) is -0.238. The quantitative estimate of drug-likeness (QED) is 0.894. The first kappa shape index (κ1) is 17.1. The van der Waals surface area contributed by atoms with Gasteiger partial charge in [0.15, 0.2) is 0 Å². The Morgan fingerprint density at radius 3 is 2.46 bits per heavy atom. The lowest BCUT2D eigenvalue weighted by Gasteiger charge is -2.35. The van der Waals surface area contributed by atoms with Gasteiger partial charge in [-0.15, -0.1) is 0 Å². The maximum absolute atomic E-state index is 12.6. The first-order chi connectivity index (χ1) is 11.5. The number of carbonyl (C=O) groups excluding carboxylic acids is 1. The summed E-state index contributed by atoms with van der Waals surface area (Å²) in [4.78, 5) is 17.1. The summed E-state index contributed by atoms with van der Waals surface area (Å²) in [5.41, 5.74) is 2.13. The third-order valence-corrected chi connectivity index (χ3v) is 4.73. The van der Waals surface area contributed by atoms with Crippen molar-refractivity contribution in [3.05, 3.63) is 58.1 Å². The zero-order chi connectivity index (χ0) is 17.1. The fourth-order valence-electron chi connectivity index (χ4n) is 2.77. The molecule has 2 aromatic rings. The second kappa shape index (κ2) is 7.43. The van der Waals surface area contributed by atoms with E-state index in [1.54, 1.807) is 30.3 Å². The fourth-order valence-corrected chi connectivity index (χ4v) is 3.16. The third-order valence-electron chi connectivity index (χ3n) is 4.17. The summed E-state index contributed by atoms with van der Waals surface area (Å²) in [6.45, 7) is 3.79. The highest BCUT2D eigenvalue weighted by atomic mass is 35.5. The summed E-state index contributed by atoms with van der Waals surface area (Å²) in [6.07, 6.45) is 0. The summed E-state index contributed by atoms with van der Waals surface area (Å²) < 4.78 is 0. The maximum atomic E-state index is 12.6. The maximum Gasteiger partial charge on any atom is 0.257 e. The SMILES string of the molecule is CN1CCN(c2ccc(Cl)cc2NC(=O)c2ccccc2Cl)CC1. The van der Waals surface area contributed by atoms with Crippen LogP contribution in [0, 0.1) is 0 Å². The highest BCUT2D eigenvalue weighted by Crippen LogP contribution is 2.31. The molecule has 0 aliphatic carbocycles. The Morgan fingerprint density at radius 2 is 1.75 bits per heavy atom. The van der Waals surface area contributed by atoms with Crippen LogP contribution >= 0.6 is 23.2 Å². The molecule has 2 aromatic carbocycles. The van der Waals surface area contributed by atoms with Gasteiger partial charge in [0.2, 0.25) is 0 Å². The van der Waals surface area contributed by atoms with E-state index < -0.39 is 0 Å². The van der Waals surface area contributed by atoms with Gasteiger partial charge < -0.3 is 15.1 Å². The van der Waals surface area contributed by atoms with Crippen molar-refractivity contribution in [2.24, 2.45) is 0 Å². The minimum Gasteiger partial charge on any atom is -0.367 e. The van der Waals surface area contributed by atoms with Crippen molar-refractivity contribution in [1.29, 1.82) is 0 Å². The van der Waals surface area contributed by atoms with E-state index in [1.807, 2.05) is 12.1 Å². The molecule has 1 aliphatic heterocycles. The molecular weight excluding hydrogens is 345 g/mol. The molecule has 126 valence electrons. The van der Waals surface area contributed by atoms with E-state index in [0.29, 0.717) is 21.3 Å². The van der Waals surface area contributed by atoms with Gasteiger partial charge in [-0.3, -0.25) is 4.79 Å². The molecule has 24 heavy (non-hydrogen) atoms. The predicted molar refractivity (Wildman–Crippen MR) is 101 cm³/mol. The van der Waals surface area contributed by atoms with Crippen molar-refractivity contribution in [3.63, 3.8) is 0 Å². The molecule has 4 nitrogen and oxygen atoms in total. The van der Waals surface area contributed by atoms with Crippen LogP contribution in [0.2, 0.25) is 10.0 Å². The normalized spacial score (nSPS) is 15.4. The van der Waals surface area contributed by atoms with Gasteiger partial charge in [-0.1, -0.05) is 35.3 Å². The number of halogens is 2. The minimum absolute atomic E-state index is 0.238. The second-order valence-corrected chi connectivity index (χ2v) is 6.73. The van der Waals surface area contributed by atoms with Crippen LogP contribution in [0.4, 0.5) is 11.4 Å². The number of rotatable bonds is 3. The van der Waals surface area contributed by atoms with Crippen LogP contribution in [0.1, 0.15) is 10.4 Å². The third kappa shape index (κ3) is 3.83. The van der Waals surface area contributed by atoms with Gasteiger partial charge in [-0.05, 0) is 37.4 Å². The predicted octanol–water partition coefficient (Wildman–Crippen LogP) is 4.00. The first-order valence-electron chi connectivity index (χ1n) is 7.83. The molecule has 0 aromatic heterocycles. The van der Waals surface area contributed by atoms with Crippen molar-refractivity contribution >= 4 is 40.5 Å². The number of hydrogen-bond acceptors (Lipinski definition) is 3. The Labute approximate surface area is 152 Å². The van der Waals surface area contributed by atoms with Gasteiger partial charge >= 0.3 is 0 Å². The van der Waals surface area contributed by atoms with Crippen LogP contribution in [-0.4, -0.2) is 44.0 Å². The topological polar surface area (TPSA) is 35.6 Å². The molecule has 1 heterocycles. The minimum atomic E-state index is -0.238. The molecule has 1 saturated heterocycles. The standard InChI is InChI=1S/C18H19Cl2N3O/c1-22-8-10-23(11-9-22)17-7-6-13(19)12-16(17)21-18(24)14-4-2-3-5-15(14)20/h2-7,12H,8-11H2,1H3,(H,21,24). The van der Waals surface area contributed by atoms with Crippen molar-refractivity contribution < 1.29 is 4.79 Å². The largest absolute Gasteiger partial charge is 0.367 e. The lowest BCUT2D eigenvalue weighted by atomic mass is 10.1. The van der Waals surface area contributed by atoms with E-state index in [1.165, 1.54) is 0 Å². The summed E-state index contributed by atoms with van der Waals surface area (Å²) in [7, 11) is 2.11. The Kier molecular flexibility index (Phi) is 5.29. The fraction of sp³-hybridized carbons (Fsp3) is 0.278. The number of anilines is 2. The van der Waals surface area contributed by atoms with Crippen LogP contribution in [0.25, 0.3) is 0 Å². The summed E-state index contributed by atoms with van der Waals surface area (Å²) in [5, 5.41) is 3.97. The van der Waals surface area contributed by atoms with Crippen molar-refractivity contribution in [3.8, 4) is 0 Å². The molecule has 0 spiro atoms. The number of nitrogens with one attached hydrogen (secondary N) is 1. The highest BCUT2D eigenvalue weighted by molar-refractivity contribution is 6.34. The first-order valence-corrected chi connectivity index (χ1v) is 8.59. The number of likely N-dealkylation sites (N-methyl/N-ethyl adjacent to an activating group) is 1. The van der Waals surface area contributed by atoms with Gasteiger partial charge in [0, 0.05) is 31.2 Å². The average Bonchev–Trinajstić information content (AvgIpc) is 2.56. The Morgan fingerprint density at radius 1 is 1.04 bits per heavy atom. The molecule has 0 bridgehead atoms. The van der Waals surface area contributed by atoms with E-state index in [4.69, 9.17) is 23.2 Å². The molecule has 1 fully saturated rings. The number of benzene rings is 2. The van der Waals surface area contributed by atoms with Gasteiger partial charge in [0.05, 0.1) is 22.0 Å². The van der Waals surface area contributed by atoms with E-state index >= 15 is 0 Å². The van der Waals surface area contributed by atoms with Crippen LogP contribution in [-0.2, 0) is 0 Å². The number of piperazine rings is 1. The van der Waals surface area contributed by atoms with Crippen molar-refractivity contribution in [2.75, 3.05) is 43.4 Å².